The van der Waals surface area contributed by atoms with Crippen LogP contribution in [0.25, 0.3) is 0 Å². The molecule has 1 unspecified atom stereocenters. The number of unbranched alkanes of at least 4 members (excludes halogenated alkanes) is 3. The lowest BCUT2D eigenvalue weighted by Gasteiger charge is -2.00. The number of halogens is 1. The van der Waals surface area contributed by atoms with Gasteiger partial charge in [0, 0.05) is 12.3 Å². The second-order valence-electron chi connectivity index (χ2n) is 3.13. The third-order valence-electron chi connectivity index (χ3n) is 1.79. The fourth-order valence-corrected chi connectivity index (χ4v) is 1.14. The van der Waals surface area contributed by atoms with Crippen molar-refractivity contribution < 1.29 is 5.11 Å². The van der Waals surface area contributed by atoms with Crippen LogP contribution in [0, 0.1) is 11.8 Å². The Labute approximate surface area is 86.5 Å². The zero-order chi connectivity index (χ0) is 9.94. The molecule has 76 valence electrons. The second-order valence-corrected chi connectivity index (χ2v) is 3.50. The van der Waals surface area contributed by atoms with Crippen LogP contribution in [-0.4, -0.2) is 17.1 Å². The topological polar surface area (TPSA) is 20.2 Å². The average molecular weight is 203 g/mol. The number of rotatable bonds is 6. The van der Waals surface area contributed by atoms with Crippen molar-refractivity contribution in [1.82, 2.24) is 0 Å². The molecule has 0 aromatic heterocycles. The van der Waals surface area contributed by atoms with Crippen molar-refractivity contribution in [1.29, 1.82) is 0 Å². The second kappa shape index (κ2) is 9.89. The van der Waals surface area contributed by atoms with Crippen molar-refractivity contribution >= 4 is 11.6 Å². The van der Waals surface area contributed by atoms with E-state index < -0.39 is 6.10 Å². The molecule has 0 bridgehead atoms. The molecule has 0 saturated heterocycles. The van der Waals surface area contributed by atoms with Gasteiger partial charge in [0.1, 0.15) is 6.10 Å². The third kappa shape index (κ3) is 9.73. The lowest BCUT2D eigenvalue weighted by molar-refractivity contribution is 0.217. The Morgan fingerprint density at radius 1 is 1.31 bits per heavy atom. The molecule has 0 aromatic carbocycles. The molecule has 13 heavy (non-hydrogen) atoms. The van der Waals surface area contributed by atoms with E-state index in [1.807, 2.05) is 0 Å². The van der Waals surface area contributed by atoms with Crippen molar-refractivity contribution in [2.24, 2.45) is 0 Å². The molecular weight excluding hydrogens is 184 g/mol. The smallest absolute Gasteiger partial charge is 0.114 e. The minimum Gasteiger partial charge on any atom is -0.380 e. The van der Waals surface area contributed by atoms with E-state index in [0.717, 1.165) is 25.7 Å². The van der Waals surface area contributed by atoms with Crippen LogP contribution in [0.1, 0.15) is 45.4 Å². The van der Waals surface area contributed by atoms with Gasteiger partial charge in [-0.1, -0.05) is 25.7 Å². The maximum Gasteiger partial charge on any atom is 0.114 e. The molecular formula is C11H19ClO. The zero-order valence-electron chi connectivity index (χ0n) is 8.35. The summed E-state index contributed by atoms with van der Waals surface area (Å²) >= 11 is 5.49. The van der Waals surface area contributed by atoms with E-state index in [0.29, 0.717) is 5.88 Å². The Morgan fingerprint density at radius 2 is 2.08 bits per heavy atom. The number of aliphatic hydroxyl groups is 1. The van der Waals surface area contributed by atoms with Gasteiger partial charge in [0.25, 0.3) is 0 Å². The highest BCUT2D eigenvalue weighted by atomic mass is 35.5. The van der Waals surface area contributed by atoms with Crippen molar-refractivity contribution in [3.05, 3.63) is 0 Å². The third-order valence-corrected chi connectivity index (χ3v) is 2.05. The van der Waals surface area contributed by atoms with E-state index in [1.165, 1.54) is 12.8 Å². The molecule has 0 aromatic rings. The normalized spacial score (nSPS) is 11.9. The molecule has 0 rings (SSSR count). The predicted molar refractivity (Wildman–Crippen MR) is 57.9 cm³/mol. The van der Waals surface area contributed by atoms with Gasteiger partial charge < -0.3 is 5.11 Å². The van der Waals surface area contributed by atoms with E-state index in [-0.39, 0.29) is 0 Å². The summed E-state index contributed by atoms with van der Waals surface area (Å²) in [5.41, 5.74) is 0. The van der Waals surface area contributed by atoms with Crippen LogP contribution in [0.5, 0.6) is 0 Å². The molecule has 0 aliphatic rings. The van der Waals surface area contributed by atoms with Gasteiger partial charge in [-0.25, -0.2) is 0 Å². The molecule has 2 heteroatoms. The molecule has 0 saturated carbocycles. The predicted octanol–water partition coefficient (Wildman–Crippen LogP) is 2.95. The summed E-state index contributed by atoms with van der Waals surface area (Å²) in [5, 5.41) is 9.37. The van der Waals surface area contributed by atoms with Gasteiger partial charge in [0.05, 0.1) is 0 Å². The fraction of sp³-hybridized carbons (Fsp3) is 0.818. The Hall–Kier alpha value is -0.190. The first kappa shape index (κ1) is 12.8. The highest BCUT2D eigenvalue weighted by molar-refractivity contribution is 6.17. The van der Waals surface area contributed by atoms with Crippen LogP contribution in [0.2, 0.25) is 0 Å². The molecule has 0 aliphatic carbocycles. The fourth-order valence-electron chi connectivity index (χ4n) is 1.01. The average Bonchev–Trinajstić information content (AvgIpc) is 2.13. The van der Waals surface area contributed by atoms with E-state index in [2.05, 4.69) is 18.8 Å². The lowest BCUT2D eigenvalue weighted by Crippen LogP contribution is -2.01. The van der Waals surface area contributed by atoms with E-state index >= 15 is 0 Å². The van der Waals surface area contributed by atoms with Gasteiger partial charge in [0.15, 0.2) is 0 Å². The van der Waals surface area contributed by atoms with Gasteiger partial charge in [-0.05, 0) is 19.3 Å². The first-order chi connectivity index (χ1) is 6.31. The zero-order valence-corrected chi connectivity index (χ0v) is 9.11. The van der Waals surface area contributed by atoms with Crippen LogP contribution < -0.4 is 0 Å². The standard InChI is InChI=1S/C11H19ClO/c1-2-3-5-8-11(13)9-6-4-7-10-12/h11,13H,2-5,7-8,10H2,1H3. The summed E-state index contributed by atoms with van der Waals surface area (Å²) < 4.78 is 0. The summed E-state index contributed by atoms with van der Waals surface area (Å²) in [6.45, 7) is 2.15. The molecule has 1 atom stereocenters. The summed E-state index contributed by atoms with van der Waals surface area (Å²) in [6.07, 6.45) is 5.53. The molecule has 0 spiro atoms. The van der Waals surface area contributed by atoms with E-state index in [1.54, 1.807) is 0 Å². The molecule has 0 amide bonds. The first-order valence-electron chi connectivity index (χ1n) is 5.03. The van der Waals surface area contributed by atoms with Crippen LogP contribution in [0.15, 0.2) is 0 Å². The minimum atomic E-state index is -0.429. The molecule has 1 nitrogen and oxygen atoms in total. The van der Waals surface area contributed by atoms with Crippen LogP contribution in [0.3, 0.4) is 0 Å². The largest absolute Gasteiger partial charge is 0.380 e. The maximum atomic E-state index is 9.37. The highest BCUT2D eigenvalue weighted by Gasteiger charge is 1.96. The van der Waals surface area contributed by atoms with Gasteiger partial charge >= 0.3 is 0 Å². The highest BCUT2D eigenvalue weighted by Crippen LogP contribution is 2.02. The van der Waals surface area contributed by atoms with Gasteiger partial charge in [-0.15, -0.1) is 17.5 Å². The SMILES string of the molecule is CCCCCC(O)C#CCCCCl. The Bertz CT molecular complexity index is 157. The number of aliphatic hydroxyl groups excluding tert-OH is 1. The quantitative estimate of drug-likeness (QED) is 0.399. The molecule has 0 aliphatic heterocycles. The van der Waals surface area contributed by atoms with E-state index in [9.17, 15) is 5.11 Å². The lowest BCUT2D eigenvalue weighted by atomic mass is 10.1. The van der Waals surface area contributed by atoms with Gasteiger partial charge in [-0.3, -0.25) is 0 Å². The molecule has 0 radical (unpaired) electrons. The van der Waals surface area contributed by atoms with Gasteiger partial charge in [0.2, 0.25) is 0 Å². The monoisotopic (exact) mass is 202 g/mol. The Morgan fingerprint density at radius 3 is 2.69 bits per heavy atom. The molecule has 0 fully saturated rings. The van der Waals surface area contributed by atoms with Gasteiger partial charge in [-0.2, -0.15) is 0 Å². The summed E-state index contributed by atoms with van der Waals surface area (Å²) in [7, 11) is 0. The van der Waals surface area contributed by atoms with E-state index in [4.69, 9.17) is 11.6 Å². The van der Waals surface area contributed by atoms with Crippen molar-refractivity contribution in [3.8, 4) is 11.8 Å². The summed E-state index contributed by atoms with van der Waals surface area (Å²) in [4.78, 5) is 0. The summed E-state index contributed by atoms with van der Waals surface area (Å²) in [6, 6.07) is 0. The van der Waals surface area contributed by atoms with Crippen LogP contribution in [0.4, 0.5) is 0 Å². The Balaban J connectivity index is 3.35. The van der Waals surface area contributed by atoms with Crippen LogP contribution >= 0.6 is 11.6 Å². The Kier molecular flexibility index (Phi) is 9.75. The number of alkyl halides is 1. The number of hydrogen-bond acceptors (Lipinski definition) is 1. The summed E-state index contributed by atoms with van der Waals surface area (Å²) in [5.74, 6) is 6.41. The van der Waals surface area contributed by atoms with Crippen molar-refractivity contribution in [2.75, 3.05) is 5.88 Å². The molecule has 1 N–H and O–H groups in total. The van der Waals surface area contributed by atoms with Crippen molar-refractivity contribution in [3.63, 3.8) is 0 Å². The number of hydrogen-bond donors (Lipinski definition) is 1. The first-order valence-corrected chi connectivity index (χ1v) is 5.57. The van der Waals surface area contributed by atoms with Crippen molar-refractivity contribution in [2.45, 2.75) is 51.6 Å². The molecule has 0 heterocycles. The maximum absolute atomic E-state index is 9.37. The van der Waals surface area contributed by atoms with Crippen LogP contribution in [-0.2, 0) is 0 Å². The minimum absolute atomic E-state index is 0.429.